The Bertz CT molecular complexity index is 410. The van der Waals surface area contributed by atoms with Crippen LogP contribution in [0, 0.1) is 0 Å². The van der Waals surface area contributed by atoms with Crippen LogP contribution < -0.4 is 15.8 Å². The zero-order valence-corrected chi connectivity index (χ0v) is 12.8. The zero-order chi connectivity index (χ0) is 15.3. The molecule has 0 aliphatic rings. The van der Waals surface area contributed by atoms with Gasteiger partial charge < -0.3 is 20.5 Å². The van der Waals surface area contributed by atoms with E-state index in [1.54, 1.807) is 12.1 Å². The van der Waals surface area contributed by atoms with Gasteiger partial charge in [-0.25, -0.2) is 0 Å². The molecule has 1 aromatic carbocycles. The standard InChI is InChI=1S/C16H26N2O3/c1-2-3-10-20-11-5-9-18-16(19)8-12-21-15-7-4-6-14(17)13-15/h4,6-7,13H,2-3,5,8-12,17H2,1H3,(H,18,19). The van der Waals surface area contributed by atoms with Crippen molar-refractivity contribution in [3.8, 4) is 5.75 Å². The summed E-state index contributed by atoms with van der Waals surface area (Å²) >= 11 is 0. The molecule has 21 heavy (non-hydrogen) atoms. The zero-order valence-electron chi connectivity index (χ0n) is 12.8. The fourth-order valence-electron chi connectivity index (χ4n) is 1.70. The minimum atomic E-state index is -0.00698. The highest BCUT2D eigenvalue weighted by Gasteiger charge is 2.01. The van der Waals surface area contributed by atoms with Gasteiger partial charge in [0.15, 0.2) is 0 Å². The molecule has 0 heterocycles. The Hall–Kier alpha value is -1.75. The number of nitrogen functional groups attached to an aromatic ring is 1. The number of amides is 1. The number of hydrogen-bond acceptors (Lipinski definition) is 4. The number of carbonyl (C=O) groups excluding carboxylic acids is 1. The lowest BCUT2D eigenvalue weighted by atomic mass is 10.3. The third kappa shape index (κ3) is 8.92. The highest BCUT2D eigenvalue weighted by atomic mass is 16.5. The van der Waals surface area contributed by atoms with Crippen molar-refractivity contribution in [2.45, 2.75) is 32.6 Å². The van der Waals surface area contributed by atoms with Gasteiger partial charge in [0.05, 0.1) is 13.0 Å². The van der Waals surface area contributed by atoms with Gasteiger partial charge in [-0.15, -0.1) is 0 Å². The maximum Gasteiger partial charge on any atom is 0.223 e. The van der Waals surface area contributed by atoms with Gasteiger partial charge in [-0.3, -0.25) is 4.79 Å². The van der Waals surface area contributed by atoms with Crippen LogP contribution in [0.5, 0.6) is 5.75 Å². The van der Waals surface area contributed by atoms with E-state index in [0.717, 1.165) is 25.9 Å². The minimum Gasteiger partial charge on any atom is -0.493 e. The quantitative estimate of drug-likeness (QED) is 0.485. The number of carbonyl (C=O) groups is 1. The van der Waals surface area contributed by atoms with Crippen LogP contribution in [0.15, 0.2) is 24.3 Å². The van der Waals surface area contributed by atoms with Gasteiger partial charge in [-0.1, -0.05) is 19.4 Å². The summed E-state index contributed by atoms with van der Waals surface area (Å²) in [5.41, 5.74) is 6.30. The van der Waals surface area contributed by atoms with Gasteiger partial charge in [-0.2, -0.15) is 0 Å². The maximum absolute atomic E-state index is 11.6. The van der Waals surface area contributed by atoms with Gasteiger partial charge in [0.1, 0.15) is 5.75 Å². The van der Waals surface area contributed by atoms with Crippen molar-refractivity contribution in [1.29, 1.82) is 0 Å². The number of nitrogens with one attached hydrogen (secondary N) is 1. The van der Waals surface area contributed by atoms with Crippen LogP contribution in [0.3, 0.4) is 0 Å². The van der Waals surface area contributed by atoms with Crippen molar-refractivity contribution in [1.82, 2.24) is 5.32 Å². The summed E-state index contributed by atoms with van der Waals surface area (Å²) < 4.78 is 10.9. The van der Waals surface area contributed by atoms with E-state index in [1.807, 2.05) is 12.1 Å². The number of benzene rings is 1. The van der Waals surface area contributed by atoms with E-state index in [-0.39, 0.29) is 5.91 Å². The lowest BCUT2D eigenvalue weighted by Gasteiger charge is -2.08. The molecule has 3 N–H and O–H groups in total. The highest BCUT2D eigenvalue weighted by Crippen LogP contribution is 2.14. The van der Waals surface area contributed by atoms with Crippen LogP contribution >= 0.6 is 0 Å². The first-order valence-electron chi connectivity index (χ1n) is 7.55. The number of ether oxygens (including phenoxy) is 2. The molecule has 0 aliphatic carbocycles. The van der Waals surface area contributed by atoms with E-state index in [4.69, 9.17) is 15.2 Å². The second-order valence-corrected chi connectivity index (χ2v) is 4.84. The number of hydrogen-bond donors (Lipinski definition) is 2. The predicted octanol–water partition coefficient (Wildman–Crippen LogP) is 2.36. The first kappa shape index (κ1) is 17.3. The largest absolute Gasteiger partial charge is 0.493 e. The molecule has 5 nitrogen and oxygen atoms in total. The lowest BCUT2D eigenvalue weighted by molar-refractivity contribution is -0.121. The van der Waals surface area contributed by atoms with Crippen LogP contribution in [0.1, 0.15) is 32.6 Å². The molecular formula is C16H26N2O3. The Morgan fingerprint density at radius 3 is 2.81 bits per heavy atom. The topological polar surface area (TPSA) is 73.6 Å². The molecule has 0 bridgehead atoms. The Morgan fingerprint density at radius 2 is 2.05 bits per heavy atom. The molecule has 0 spiro atoms. The Labute approximate surface area is 126 Å². The molecule has 0 unspecified atom stereocenters. The van der Waals surface area contributed by atoms with E-state index in [9.17, 15) is 4.79 Å². The summed E-state index contributed by atoms with van der Waals surface area (Å²) in [6, 6.07) is 7.18. The van der Waals surface area contributed by atoms with Crippen LogP contribution in [-0.4, -0.2) is 32.3 Å². The molecule has 0 saturated heterocycles. The molecule has 1 aromatic rings. The molecule has 1 rings (SSSR count). The van der Waals surface area contributed by atoms with Crippen LogP contribution in [0.25, 0.3) is 0 Å². The van der Waals surface area contributed by atoms with E-state index < -0.39 is 0 Å². The summed E-state index contributed by atoms with van der Waals surface area (Å²) in [7, 11) is 0. The van der Waals surface area contributed by atoms with Gasteiger partial charge in [-0.05, 0) is 25.0 Å². The molecule has 5 heteroatoms. The molecule has 0 fully saturated rings. The molecular weight excluding hydrogens is 268 g/mol. The second kappa shape index (κ2) is 11.0. The smallest absolute Gasteiger partial charge is 0.223 e. The first-order valence-corrected chi connectivity index (χ1v) is 7.55. The van der Waals surface area contributed by atoms with E-state index in [0.29, 0.717) is 37.6 Å². The molecule has 0 aliphatic heterocycles. The summed E-state index contributed by atoms with van der Waals surface area (Å²) in [4.78, 5) is 11.6. The molecule has 0 aromatic heterocycles. The average molecular weight is 294 g/mol. The highest BCUT2D eigenvalue weighted by molar-refractivity contribution is 5.75. The maximum atomic E-state index is 11.6. The summed E-state index contributed by atoms with van der Waals surface area (Å²) in [5, 5.41) is 2.85. The van der Waals surface area contributed by atoms with Crippen LogP contribution in [-0.2, 0) is 9.53 Å². The lowest BCUT2D eigenvalue weighted by Crippen LogP contribution is -2.26. The molecule has 1 amide bonds. The number of unbranched alkanes of at least 4 members (excludes halogenated alkanes) is 1. The second-order valence-electron chi connectivity index (χ2n) is 4.84. The van der Waals surface area contributed by atoms with E-state index >= 15 is 0 Å². The fourth-order valence-corrected chi connectivity index (χ4v) is 1.70. The molecule has 0 radical (unpaired) electrons. The molecule has 118 valence electrons. The van der Waals surface area contributed by atoms with Crippen LogP contribution in [0.4, 0.5) is 5.69 Å². The van der Waals surface area contributed by atoms with E-state index in [1.165, 1.54) is 0 Å². The number of anilines is 1. The van der Waals surface area contributed by atoms with Crippen LogP contribution in [0.2, 0.25) is 0 Å². The number of rotatable bonds is 11. The number of nitrogens with two attached hydrogens (primary N) is 1. The monoisotopic (exact) mass is 294 g/mol. The third-order valence-electron chi connectivity index (χ3n) is 2.89. The summed E-state index contributed by atoms with van der Waals surface area (Å²) in [5.74, 6) is 0.680. The SMILES string of the molecule is CCCCOCCCNC(=O)CCOc1cccc(N)c1. The fraction of sp³-hybridized carbons (Fsp3) is 0.562. The van der Waals surface area contributed by atoms with E-state index in [2.05, 4.69) is 12.2 Å². The van der Waals surface area contributed by atoms with Gasteiger partial charge >= 0.3 is 0 Å². The Morgan fingerprint density at radius 1 is 1.24 bits per heavy atom. The first-order chi connectivity index (χ1) is 10.2. The predicted molar refractivity (Wildman–Crippen MR) is 84.3 cm³/mol. The van der Waals surface area contributed by atoms with Gasteiger partial charge in [0.25, 0.3) is 0 Å². The molecule has 0 saturated carbocycles. The van der Waals surface area contributed by atoms with Crippen molar-refractivity contribution < 1.29 is 14.3 Å². The Kier molecular flexibility index (Phi) is 9.04. The van der Waals surface area contributed by atoms with Crippen molar-refractivity contribution >= 4 is 11.6 Å². The minimum absolute atomic E-state index is 0.00698. The Balaban J connectivity index is 1.99. The normalized spacial score (nSPS) is 10.3. The summed E-state index contributed by atoms with van der Waals surface area (Å²) in [6.07, 6.45) is 3.41. The van der Waals surface area contributed by atoms with Gasteiger partial charge in [0, 0.05) is 31.5 Å². The third-order valence-corrected chi connectivity index (χ3v) is 2.89. The van der Waals surface area contributed by atoms with Gasteiger partial charge in [0.2, 0.25) is 5.91 Å². The summed E-state index contributed by atoms with van der Waals surface area (Å²) in [6.45, 7) is 4.62. The van der Waals surface area contributed by atoms with Crippen molar-refractivity contribution in [2.75, 3.05) is 32.1 Å². The molecule has 0 atom stereocenters. The van der Waals surface area contributed by atoms with Crippen molar-refractivity contribution in [3.05, 3.63) is 24.3 Å². The average Bonchev–Trinajstić information content (AvgIpc) is 2.46. The van der Waals surface area contributed by atoms with Crippen molar-refractivity contribution in [3.63, 3.8) is 0 Å². The van der Waals surface area contributed by atoms with Crippen molar-refractivity contribution in [2.24, 2.45) is 0 Å².